The van der Waals surface area contributed by atoms with Crippen molar-refractivity contribution in [1.29, 1.82) is 0 Å². The molecule has 4 rings (SSSR count). The molecule has 3 heterocycles. The Kier molecular flexibility index (Phi) is 4.36. The third-order valence-electron chi connectivity index (χ3n) is 5.12. The second kappa shape index (κ2) is 6.80. The average molecular weight is 336 g/mol. The Morgan fingerprint density at radius 2 is 1.84 bits per heavy atom. The highest BCUT2D eigenvalue weighted by molar-refractivity contribution is 5.47. The quantitative estimate of drug-likeness (QED) is 0.733. The van der Waals surface area contributed by atoms with Gasteiger partial charge in [0.25, 0.3) is 5.78 Å². The fourth-order valence-corrected chi connectivity index (χ4v) is 3.53. The highest BCUT2D eigenvalue weighted by atomic mass is 15.4. The van der Waals surface area contributed by atoms with Crippen LogP contribution in [0.5, 0.6) is 0 Å². The zero-order valence-corrected chi connectivity index (χ0v) is 14.8. The van der Waals surface area contributed by atoms with Gasteiger partial charge in [0.1, 0.15) is 12.1 Å². The predicted molar refractivity (Wildman–Crippen MR) is 98.8 cm³/mol. The molecule has 0 unspecified atom stereocenters. The first kappa shape index (κ1) is 16.0. The monoisotopic (exact) mass is 336 g/mol. The molecule has 130 valence electrons. The van der Waals surface area contributed by atoms with Gasteiger partial charge >= 0.3 is 0 Å². The summed E-state index contributed by atoms with van der Waals surface area (Å²) in [5.74, 6) is 1.79. The van der Waals surface area contributed by atoms with Crippen LogP contribution in [0.25, 0.3) is 5.78 Å². The van der Waals surface area contributed by atoms with E-state index in [9.17, 15) is 0 Å². The van der Waals surface area contributed by atoms with Gasteiger partial charge in [-0.3, -0.25) is 4.90 Å². The fraction of sp³-hybridized carbons (Fsp3) is 0.421. The van der Waals surface area contributed by atoms with Crippen LogP contribution in [0.1, 0.15) is 31.1 Å². The number of nitrogens with zero attached hydrogens (tertiary/aromatic N) is 6. The largest absolute Gasteiger partial charge is 0.354 e. The lowest BCUT2D eigenvalue weighted by molar-refractivity contribution is 0.198. The smallest absolute Gasteiger partial charge is 0.254 e. The summed E-state index contributed by atoms with van der Waals surface area (Å²) >= 11 is 0. The molecule has 1 aliphatic heterocycles. The van der Waals surface area contributed by atoms with Crippen LogP contribution in [-0.4, -0.2) is 50.7 Å². The standard InChI is InChI=1S/C19H24N6/c1-3-17-13-18(25-19(22-17)20-14-21-25)24-11-9-23(10-12-24)15(2)16-7-5-4-6-8-16/h4-8,13-15H,3,9-12H2,1-2H3/t15-/m1/s1. The first-order chi connectivity index (χ1) is 12.3. The minimum Gasteiger partial charge on any atom is -0.354 e. The molecule has 1 atom stereocenters. The zero-order chi connectivity index (χ0) is 17.2. The molecule has 6 nitrogen and oxygen atoms in total. The van der Waals surface area contributed by atoms with Crippen LogP contribution < -0.4 is 4.90 Å². The number of anilines is 1. The van der Waals surface area contributed by atoms with E-state index in [0.29, 0.717) is 11.8 Å². The number of piperazine rings is 1. The van der Waals surface area contributed by atoms with Gasteiger partial charge < -0.3 is 4.90 Å². The van der Waals surface area contributed by atoms with Crippen LogP contribution in [0.3, 0.4) is 0 Å². The van der Waals surface area contributed by atoms with Gasteiger partial charge in [0, 0.05) is 44.0 Å². The maximum Gasteiger partial charge on any atom is 0.254 e. The van der Waals surface area contributed by atoms with E-state index in [1.165, 1.54) is 5.56 Å². The van der Waals surface area contributed by atoms with Crippen molar-refractivity contribution in [3.8, 4) is 0 Å². The van der Waals surface area contributed by atoms with Crippen molar-refractivity contribution in [2.45, 2.75) is 26.3 Å². The summed E-state index contributed by atoms with van der Waals surface area (Å²) in [5, 5.41) is 4.36. The molecule has 25 heavy (non-hydrogen) atoms. The van der Waals surface area contributed by atoms with Crippen LogP contribution in [-0.2, 0) is 6.42 Å². The summed E-state index contributed by atoms with van der Waals surface area (Å²) in [6.07, 6.45) is 2.49. The van der Waals surface area contributed by atoms with Gasteiger partial charge in [-0.2, -0.15) is 14.6 Å². The molecule has 1 aliphatic rings. The molecule has 0 bridgehead atoms. The van der Waals surface area contributed by atoms with Crippen LogP contribution in [0.4, 0.5) is 5.82 Å². The molecule has 6 heteroatoms. The van der Waals surface area contributed by atoms with Gasteiger partial charge in [-0.1, -0.05) is 37.3 Å². The number of aryl methyl sites for hydroxylation is 1. The lowest BCUT2D eigenvalue weighted by Gasteiger charge is -2.39. The predicted octanol–water partition coefficient (Wildman–Crippen LogP) is 2.57. The van der Waals surface area contributed by atoms with E-state index < -0.39 is 0 Å². The Hall–Kier alpha value is -2.47. The maximum absolute atomic E-state index is 4.54. The molecule has 1 aromatic carbocycles. The van der Waals surface area contributed by atoms with Crippen molar-refractivity contribution in [2.24, 2.45) is 0 Å². The highest BCUT2D eigenvalue weighted by Gasteiger charge is 2.24. The fourth-order valence-electron chi connectivity index (χ4n) is 3.53. The van der Waals surface area contributed by atoms with Crippen molar-refractivity contribution in [3.05, 3.63) is 54.0 Å². The van der Waals surface area contributed by atoms with Crippen LogP contribution in [0, 0.1) is 0 Å². The van der Waals surface area contributed by atoms with Gasteiger partial charge in [-0.25, -0.2) is 4.98 Å². The molecular formula is C19H24N6. The van der Waals surface area contributed by atoms with E-state index in [4.69, 9.17) is 0 Å². The van der Waals surface area contributed by atoms with Crippen LogP contribution in [0.2, 0.25) is 0 Å². The first-order valence-corrected chi connectivity index (χ1v) is 9.00. The minimum absolute atomic E-state index is 0.443. The molecule has 0 spiro atoms. The summed E-state index contributed by atoms with van der Waals surface area (Å²) in [4.78, 5) is 13.8. The van der Waals surface area contributed by atoms with Gasteiger partial charge in [0.2, 0.25) is 0 Å². The lowest BCUT2D eigenvalue weighted by atomic mass is 10.1. The Bertz CT molecular complexity index is 836. The molecule has 1 saturated heterocycles. The Balaban J connectivity index is 1.51. The van der Waals surface area contributed by atoms with Crippen molar-refractivity contribution in [1.82, 2.24) is 24.5 Å². The van der Waals surface area contributed by atoms with Crippen LogP contribution >= 0.6 is 0 Å². The Morgan fingerprint density at radius 3 is 2.56 bits per heavy atom. The molecular weight excluding hydrogens is 312 g/mol. The molecule has 1 fully saturated rings. The summed E-state index contributed by atoms with van der Waals surface area (Å²) in [6.45, 7) is 8.46. The summed E-state index contributed by atoms with van der Waals surface area (Å²) in [7, 11) is 0. The zero-order valence-electron chi connectivity index (χ0n) is 14.8. The number of rotatable bonds is 4. The number of benzene rings is 1. The molecule has 2 aromatic heterocycles. The van der Waals surface area contributed by atoms with Gasteiger partial charge in [-0.15, -0.1) is 0 Å². The summed E-state index contributed by atoms with van der Waals surface area (Å²) in [6, 6.07) is 13.3. The minimum atomic E-state index is 0.443. The van der Waals surface area contributed by atoms with E-state index in [2.05, 4.69) is 75.1 Å². The van der Waals surface area contributed by atoms with Crippen molar-refractivity contribution in [2.75, 3.05) is 31.1 Å². The van der Waals surface area contributed by atoms with Gasteiger partial charge in [0.15, 0.2) is 0 Å². The second-order valence-corrected chi connectivity index (χ2v) is 6.54. The molecule has 0 saturated carbocycles. The van der Waals surface area contributed by atoms with Gasteiger partial charge in [0.05, 0.1) is 0 Å². The number of aromatic nitrogens is 4. The van der Waals surface area contributed by atoms with Crippen molar-refractivity contribution >= 4 is 11.6 Å². The molecule has 3 aromatic rings. The SMILES string of the molecule is CCc1cc(N2CCN([C@H](C)c3ccccc3)CC2)n2ncnc2n1. The van der Waals surface area contributed by atoms with Crippen molar-refractivity contribution in [3.63, 3.8) is 0 Å². The number of hydrogen-bond donors (Lipinski definition) is 0. The lowest BCUT2D eigenvalue weighted by Crippen LogP contribution is -2.47. The second-order valence-electron chi connectivity index (χ2n) is 6.54. The summed E-state index contributed by atoms with van der Waals surface area (Å²) < 4.78 is 1.86. The highest BCUT2D eigenvalue weighted by Crippen LogP contribution is 2.24. The van der Waals surface area contributed by atoms with E-state index in [1.807, 2.05) is 4.52 Å². The van der Waals surface area contributed by atoms with E-state index in [0.717, 1.165) is 44.1 Å². The molecule has 0 radical (unpaired) electrons. The molecule has 0 aliphatic carbocycles. The third kappa shape index (κ3) is 3.09. The first-order valence-electron chi connectivity index (χ1n) is 9.00. The van der Waals surface area contributed by atoms with E-state index in [1.54, 1.807) is 6.33 Å². The topological polar surface area (TPSA) is 49.6 Å². The summed E-state index contributed by atoms with van der Waals surface area (Å²) in [5.41, 5.74) is 2.45. The normalized spacial score (nSPS) is 17.1. The number of hydrogen-bond acceptors (Lipinski definition) is 5. The Labute approximate surface area is 148 Å². The molecule has 0 amide bonds. The third-order valence-corrected chi connectivity index (χ3v) is 5.12. The van der Waals surface area contributed by atoms with Crippen LogP contribution in [0.15, 0.2) is 42.7 Å². The maximum atomic E-state index is 4.54. The van der Waals surface area contributed by atoms with E-state index in [-0.39, 0.29) is 0 Å². The Morgan fingerprint density at radius 1 is 1.08 bits per heavy atom. The van der Waals surface area contributed by atoms with Crippen molar-refractivity contribution < 1.29 is 0 Å². The van der Waals surface area contributed by atoms with Gasteiger partial charge in [-0.05, 0) is 18.9 Å². The number of fused-ring (bicyclic) bond motifs is 1. The van der Waals surface area contributed by atoms with E-state index >= 15 is 0 Å². The average Bonchev–Trinajstić information content (AvgIpc) is 3.16. The molecule has 0 N–H and O–H groups in total.